The van der Waals surface area contributed by atoms with Crippen LogP contribution in [0.2, 0.25) is 0 Å². The second-order valence-electron chi connectivity index (χ2n) is 13.7. The first kappa shape index (κ1) is 37.6. The monoisotopic (exact) mass is 691 g/mol. The van der Waals surface area contributed by atoms with Crippen LogP contribution in [0.4, 0.5) is 5.69 Å². The van der Waals surface area contributed by atoms with Crippen LogP contribution >= 0.6 is 0 Å². The number of hydrogen-bond acceptors (Lipinski definition) is 7. The van der Waals surface area contributed by atoms with Crippen molar-refractivity contribution in [3.05, 3.63) is 94.5 Å². The average Bonchev–Trinajstić information content (AvgIpc) is 3.13. The molecule has 2 heterocycles. The molecule has 6 bridgehead atoms. The van der Waals surface area contributed by atoms with Gasteiger partial charge in [-0.05, 0) is 115 Å². The minimum atomic E-state index is -0.381. The molecule has 7 heteroatoms. The van der Waals surface area contributed by atoms with Crippen molar-refractivity contribution in [2.45, 2.75) is 110 Å². The van der Waals surface area contributed by atoms with Gasteiger partial charge in [0, 0.05) is 37.1 Å². The molecule has 4 aromatic carbocycles. The van der Waals surface area contributed by atoms with Crippen LogP contribution in [0.3, 0.4) is 0 Å². The highest BCUT2D eigenvalue weighted by atomic mass is 16.5. The molecule has 6 rings (SSSR count). The van der Waals surface area contributed by atoms with Gasteiger partial charge in [0.2, 0.25) is 0 Å². The lowest BCUT2D eigenvalue weighted by Gasteiger charge is -2.15. The number of phenols is 1. The summed E-state index contributed by atoms with van der Waals surface area (Å²) >= 11 is 0. The minimum Gasteiger partial charge on any atom is -0.508 e. The lowest BCUT2D eigenvalue weighted by Crippen LogP contribution is -2.16. The number of rotatable bonds is 13. The number of carbonyl (C=O) groups is 1. The van der Waals surface area contributed by atoms with E-state index < -0.39 is 0 Å². The van der Waals surface area contributed by atoms with E-state index in [1.54, 1.807) is 14.0 Å². The molecule has 2 unspecified atom stereocenters. The number of ether oxygens (including phenoxy) is 3. The van der Waals surface area contributed by atoms with Gasteiger partial charge in [-0.1, -0.05) is 62.4 Å². The zero-order valence-electron chi connectivity index (χ0n) is 30.4. The number of nitrogens with one attached hydrogen (secondary N) is 1. The Kier molecular flexibility index (Phi) is 14.1. The van der Waals surface area contributed by atoms with Crippen molar-refractivity contribution in [3.63, 3.8) is 0 Å². The molecule has 270 valence electrons. The number of ketones is 1. The highest BCUT2D eigenvalue weighted by molar-refractivity contribution is 5.91. The number of aromatic hydroxyl groups is 1. The summed E-state index contributed by atoms with van der Waals surface area (Å²) in [6, 6.07) is 22.3. The predicted octanol–water partition coefficient (Wildman–Crippen LogP) is 8.87. The lowest BCUT2D eigenvalue weighted by atomic mass is 9.94. The maximum Gasteiger partial charge on any atom is 0.161 e. The number of phenolic OH excluding ortho intramolecular Hbond substituents is 1. The van der Waals surface area contributed by atoms with Gasteiger partial charge < -0.3 is 29.7 Å². The molecule has 3 N–H and O–H groups in total. The summed E-state index contributed by atoms with van der Waals surface area (Å²) in [4.78, 5) is 13.2. The number of hydrogen-bond donors (Lipinski definition) is 3. The van der Waals surface area contributed by atoms with Crippen molar-refractivity contribution >= 4 is 22.2 Å². The van der Waals surface area contributed by atoms with E-state index in [4.69, 9.17) is 14.2 Å². The third-order valence-electron chi connectivity index (χ3n) is 9.61. The first-order chi connectivity index (χ1) is 24.8. The third kappa shape index (κ3) is 11.2. The van der Waals surface area contributed by atoms with E-state index in [0.29, 0.717) is 50.3 Å². The Morgan fingerprint density at radius 3 is 2.61 bits per heavy atom. The number of aliphatic hydroxyl groups is 1. The molecule has 51 heavy (non-hydrogen) atoms. The number of anilines is 1. The lowest BCUT2D eigenvalue weighted by molar-refractivity contribution is -0.121. The van der Waals surface area contributed by atoms with E-state index >= 15 is 0 Å². The molecule has 0 aromatic heterocycles. The molecule has 0 saturated carbocycles. The molecular weight excluding hydrogens is 638 g/mol. The van der Waals surface area contributed by atoms with Crippen molar-refractivity contribution in [2.75, 3.05) is 19.0 Å². The highest BCUT2D eigenvalue weighted by Gasteiger charge is 2.17. The molecular formula is C44H53NO6. The molecule has 0 spiro atoms. The summed E-state index contributed by atoms with van der Waals surface area (Å²) in [6.07, 6.45) is 11.9. The fourth-order valence-corrected chi connectivity index (χ4v) is 6.73. The number of benzene rings is 4. The first-order valence-corrected chi connectivity index (χ1v) is 18.5. The fourth-order valence-electron chi connectivity index (χ4n) is 6.73. The average molecular weight is 692 g/mol. The van der Waals surface area contributed by atoms with Crippen molar-refractivity contribution in [2.24, 2.45) is 0 Å². The van der Waals surface area contributed by atoms with Gasteiger partial charge in [-0.15, -0.1) is 0 Å². The van der Waals surface area contributed by atoms with Gasteiger partial charge in [-0.3, -0.25) is 4.79 Å². The molecule has 4 aromatic rings. The second-order valence-corrected chi connectivity index (χ2v) is 13.7. The van der Waals surface area contributed by atoms with Crippen LogP contribution in [0.15, 0.2) is 66.7 Å². The molecule has 2 aliphatic rings. The fraction of sp³-hybridized carbons (Fsp3) is 0.432. The van der Waals surface area contributed by atoms with Gasteiger partial charge in [0.25, 0.3) is 0 Å². The summed E-state index contributed by atoms with van der Waals surface area (Å²) in [5.41, 5.74) is 6.21. The Balaban J connectivity index is 1.23. The summed E-state index contributed by atoms with van der Waals surface area (Å²) in [5.74, 6) is 4.82. The maximum absolute atomic E-state index is 13.2. The van der Waals surface area contributed by atoms with Crippen molar-refractivity contribution in [1.82, 2.24) is 0 Å². The normalized spacial score (nSPS) is 15.5. The van der Waals surface area contributed by atoms with Gasteiger partial charge >= 0.3 is 0 Å². The second kappa shape index (κ2) is 19.1. The smallest absolute Gasteiger partial charge is 0.161 e. The van der Waals surface area contributed by atoms with Gasteiger partial charge in [0.1, 0.15) is 30.4 Å². The molecule has 2 atom stereocenters. The van der Waals surface area contributed by atoms with Gasteiger partial charge in [-0.25, -0.2) is 0 Å². The van der Waals surface area contributed by atoms with E-state index in [1.807, 2.05) is 42.5 Å². The topological polar surface area (TPSA) is 97.2 Å². The molecule has 0 amide bonds. The van der Waals surface area contributed by atoms with Crippen LogP contribution in [0, 0.1) is 12.0 Å². The summed E-state index contributed by atoms with van der Waals surface area (Å²) in [6.45, 7) is 4.77. The highest BCUT2D eigenvalue weighted by Crippen LogP contribution is 2.34. The van der Waals surface area contributed by atoms with E-state index in [1.165, 1.54) is 5.56 Å². The Morgan fingerprint density at radius 2 is 1.78 bits per heavy atom. The van der Waals surface area contributed by atoms with Gasteiger partial charge in [0.05, 0.1) is 13.2 Å². The van der Waals surface area contributed by atoms with E-state index in [0.717, 1.165) is 90.1 Å². The van der Waals surface area contributed by atoms with Crippen LogP contribution in [0.25, 0.3) is 10.8 Å². The number of aryl methyl sites for hydroxylation is 3. The van der Waals surface area contributed by atoms with E-state index in [9.17, 15) is 15.0 Å². The molecule has 0 saturated heterocycles. The summed E-state index contributed by atoms with van der Waals surface area (Å²) in [7, 11) is 1.63. The van der Waals surface area contributed by atoms with Crippen LogP contribution in [-0.4, -0.2) is 41.9 Å². The maximum atomic E-state index is 13.2. The van der Waals surface area contributed by atoms with Crippen LogP contribution in [-0.2, 0) is 41.8 Å². The van der Waals surface area contributed by atoms with Crippen LogP contribution < -0.4 is 14.8 Å². The molecule has 2 aliphatic heterocycles. The van der Waals surface area contributed by atoms with Crippen LogP contribution in [0.5, 0.6) is 17.2 Å². The molecule has 0 fully saturated rings. The zero-order chi connectivity index (χ0) is 36.0. The van der Waals surface area contributed by atoms with Crippen LogP contribution in [0.1, 0.15) is 93.0 Å². The number of fused-ring (bicyclic) bond motifs is 9. The Morgan fingerprint density at radius 1 is 0.961 bits per heavy atom. The van der Waals surface area contributed by atoms with Crippen molar-refractivity contribution < 1.29 is 29.2 Å². The summed E-state index contributed by atoms with van der Waals surface area (Å²) in [5, 5.41) is 25.9. The van der Waals surface area contributed by atoms with E-state index in [-0.39, 0.29) is 23.7 Å². The zero-order valence-corrected chi connectivity index (χ0v) is 30.4. The first-order valence-electron chi connectivity index (χ1n) is 18.5. The minimum absolute atomic E-state index is 0.148. The SMILES string of the molecule is CCc1cc(O)c2c3ccc(cc13)COc1cc(ccc1OC)CCC(=O)CC(CCCCCCCc1cccc(NCC(C)O)c1)OC#CC2. The number of Topliss-reactive ketones (excluding diaryl/α,β-unsaturated/α-hetero) is 1. The number of carbonyl (C=O) groups excluding carboxylic acids is 1. The predicted molar refractivity (Wildman–Crippen MR) is 205 cm³/mol. The molecule has 0 aliphatic carbocycles. The van der Waals surface area contributed by atoms with Gasteiger partial charge in [-0.2, -0.15) is 0 Å². The number of unbranched alkanes of at least 4 members (excludes halogenated alkanes) is 4. The standard InChI is InChI=1S/C44H53NO6/c1-4-35-27-42(48)40-16-11-23-50-38(15-9-7-5-6-8-12-32-13-10-14-36(24-32)45-29-31(2)46)28-37(47)20-17-33-19-22-43(49-3)44(26-33)51-30-34-18-21-39(40)41(35)25-34/h10,13-14,18-19,21-22,24-27,31,38,45-46,48H,4-9,12,15-17,20,28-30H2,1-3H3. The third-order valence-corrected chi connectivity index (χ3v) is 9.61. The van der Waals surface area contributed by atoms with E-state index in [2.05, 4.69) is 48.5 Å². The quantitative estimate of drug-likeness (QED) is 0.0952. The largest absolute Gasteiger partial charge is 0.508 e. The van der Waals surface area contributed by atoms with Crippen molar-refractivity contribution in [3.8, 4) is 29.3 Å². The Hall–Kier alpha value is -4.67. The Bertz CT molecular complexity index is 1820. The Labute approximate surface area is 303 Å². The summed E-state index contributed by atoms with van der Waals surface area (Å²) < 4.78 is 17.9. The molecule has 0 radical (unpaired) electrons. The van der Waals surface area contributed by atoms with Crippen molar-refractivity contribution in [1.29, 1.82) is 0 Å². The van der Waals surface area contributed by atoms with Gasteiger partial charge in [0.15, 0.2) is 11.5 Å². The number of methoxy groups -OCH3 is 1. The molecule has 7 nitrogen and oxygen atoms in total. The number of aliphatic hydroxyl groups excluding tert-OH is 1.